The molecule has 0 atom stereocenters. The molecule has 1 aromatic heterocycles. The van der Waals surface area contributed by atoms with Crippen molar-refractivity contribution >= 4 is 16.8 Å². The smallest absolute Gasteiger partial charge is 0.234 e. The van der Waals surface area contributed by atoms with E-state index in [1.54, 1.807) is 0 Å². The summed E-state index contributed by atoms with van der Waals surface area (Å²) < 4.78 is 1.93. The second-order valence-corrected chi connectivity index (χ2v) is 6.77. The van der Waals surface area contributed by atoms with Gasteiger partial charge in [0, 0.05) is 24.0 Å². The highest BCUT2D eigenvalue weighted by molar-refractivity contribution is 5.95. The van der Waals surface area contributed by atoms with Crippen LogP contribution in [0.15, 0.2) is 30.5 Å². The van der Waals surface area contributed by atoms with E-state index in [0.717, 1.165) is 31.3 Å². The van der Waals surface area contributed by atoms with Crippen LogP contribution in [0.25, 0.3) is 10.9 Å². The molecule has 0 N–H and O–H groups in total. The van der Waals surface area contributed by atoms with E-state index in [1.165, 1.54) is 30.2 Å². The van der Waals surface area contributed by atoms with Crippen LogP contribution >= 0.6 is 0 Å². The van der Waals surface area contributed by atoms with Crippen molar-refractivity contribution in [3.63, 3.8) is 0 Å². The lowest BCUT2D eigenvalue weighted by Gasteiger charge is -2.20. The van der Waals surface area contributed by atoms with Crippen LogP contribution in [-0.2, 0) is 6.42 Å². The average Bonchev–Trinajstić information content (AvgIpc) is 2.92. The van der Waals surface area contributed by atoms with Gasteiger partial charge in [-0.2, -0.15) is 0 Å². The number of nitrogens with zero attached hydrogens (tertiary/aromatic N) is 2. The van der Waals surface area contributed by atoms with E-state index >= 15 is 0 Å². The Hall–Kier alpha value is -1.61. The zero-order valence-corrected chi connectivity index (χ0v) is 13.7. The SMILES string of the molecule is CN(C)CCc1cn(C(=O)C2CCCCC2)c2ccccc12. The Morgan fingerprint density at radius 3 is 2.64 bits per heavy atom. The van der Waals surface area contributed by atoms with E-state index < -0.39 is 0 Å². The van der Waals surface area contributed by atoms with Crippen molar-refractivity contribution in [1.82, 2.24) is 9.47 Å². The molecule has 1 aliphatic rings. The van der Waals surface area contributed by atoms with Gasteiger partial charge in [-0.25, -0.2) is 0 Å². The second-order valence-electron chi connectivity index (χ2n) is 6.77. The molecular formula is C19H26N2O. The predicted octanol–water partition coefficient (Wildman–Crippen LogP) is 3.97. The minimum Gasteiger partial charge on any atom is -0.309 e. The molecule has 0 unspecified atom stereocenters. The van der Waals surface area contributed by atoms with Crippen LogP contribution in [0.5, 0.6) is 0 Å². The average molecular weight is 298 g/mol. The lowest BCUT2D eigenvalue weighted by molar-refractivity contribution is 0.0807. The van der Waals surface area contributed by atoms with Gasteiger partial charge < -0.3 is 4.90 Å². The van der Waals surface area contributed by atoms with Crippen molar-refractivity contribution in [2.75, 3.05) is 20.6 Å². The van der Waals surface area contributed by atoms with Crippen LogP contribution in [0.2, 0.25) is 0 Å². The largest absolute Gasteiger partial charge is 0.309 e. The summed E-state index contributed by atoms with van der Waals surface area (Å²) >= 11 is 0. The highest BCUT2D eigenvalue weighted by Crippen LogP contribution is 2.28. The van der Waals surface area contributed by atoms with E-state index in [4.69, 9.17) is 0 Å². The fraction of sp³-hybridized carbons (Fsp3) is 0.526. The third kappa shape index (κ3) is 3.09. The zero-order chi connectivity index (χ0) is 15.5. The van der Waals surface area contributed by atoms with E-state index in [-0.39, 0.29) is 5.92 Å². The van der Waals surface area contributed by atoms with Gasteiger partial charge in [-0.05, 0) is 45.0 Å². The molecule has 118 valence electrons. The Kier molecular flexibility index (Phi) is 4.63. The number of hydrogen-bond acceptors (Lipinski definition) is 2. The Morgan fingerprint density at radius 2 is 1.91 bits per heavy atom. The summed E-state index contributed by atoms with van der Waals surface area (Å²) in [5.41, 5.74) is 2.36. The molecule has 1 fully saturated rings. The maximum atomic E-state index is 12.9. The molecule has 3 heteroatoms. The number of para-hydroxylation sites is 1. The number of likely N-dealkylation sites (N-methyl/N-ethyl adjacent to an activating group) is 1. The number of fused-ring (bicyclic) bond motifs is 1. The lowest BCUT2D eigenvalue weighted by Crippen LogP contribution is -2.23. The molecule has 3 nitrogen and oxygen atoms in total. The van der Waals surface area contributed by atoms with Crippen LogP contribution in [0.4, 0.5) is 0 Å². The van der Waals surface area contributed by atoms with Gasteiger partial charge in [-0.15, -0.1) is 0 Å². The minimum atomic E-state index is 0.214. The van der Waals surface area contributed by atoms with E-state index in [9.17, 15) is 4.79 Å². The summed E-state index contributed by atoms with van der Waals surface area (Å²) in [6, 6.07) is 8.32. The summed E-state index contributed by atoms with van der Waals surface area (Å²) in [6.45, 7) is 1.01. The van der Waals surface area contributed by atoms with Crippen LogP contribution in [0.3, 0.4) is 0 Å². The number of aromatic nitrogens is 1. The summed E-state index contributed by atoms with van der Waals surface area (Å²) in [4.78, 5) is 15.1. The maximum Gasteiger partial charge on any atom is 0.234 e. The van der Waals surface area contributed by atoms with Gasteiger partial charge in [-0.1, -0.05) is 37.5 Å². The predicted molar refractivity (Wildman–Crippen MR) is 91.4 cm³/mol. The fourth-order valence-corrected chi connectivity index (χ4v) is 3.52. The molecule has 0 radical (unpaired) electrons. The Balaban J connectivity index is 1.93. The third-order valence-corrected chi connectivity index (χ3v) is 4.81. The normalized spacial score (nSPS) is 16.5. The first-order valence-corrected chi connectivity index (χ1v) is 8.44. The molecule has 1 saturated carbocycles. The Labute approximate surface area is 132 Å². The summed E-state index contributed by atoms with van der Waals surface area (Å²) in [6.07, 6.45) is 8.86. The van der Waals surface area contributed by atoms with Gasteiger partial charge in [0.25, 0.3) is 0 Å². The maximum absolute atomic E-state index is 12.9. The molecule has 22 heavy (non-hydrogen) atoms. The van der Waals surface area contributed by atoms with Gasteiger partial charge >= 0.3 is 0 Å². The van der Waals surface area contributed by atoms with Crippen LogP contribution in [0, 0.1) is 5.92 Å². The number of hydrogen-bond donors (Lipinski definition) is 0. The second kappa shape index (κ2) is 6.66. The highest BCUT2D eigenvalue weighted by atomic mass is 16.2. The van der Waals surface area contributed by atoms with Gasteiger partial charge in [0.2, 0.25) is 5.91 Å². The quantitative estimate of drug-likeness (QED) is 0.853. The summed E-state index contributed by atoms with van der Waals surface area (Å²) in [5, 5.41) is 1.23. The molecular weight excluding hydrogens is 272 g/mol. The Bertz CT molecular complexity index is 650. The highest BCUT2D eigenvalue weighted by Gasteiger charge is 2.24. The molecule has 0 aliphatic heterocycles. The molecule has 0 bridgehead atoms. The number of rotatable bonds is 4. The van der Waals surface area contributed by atoms with Gasteiger partial charge in [-0.3, -0.25) is 9.36 Å². The van der Waals surface area contributed by atoms with Crippen LogP contribution in [0.1, 0.15) is 42.5 Å². The van der Waals surface area contributed by atoms with Crippen molar-refractivity contribution in [1.29, 1.82) is 0 Å². The van der Waals surface area contributed by atoms with Crippen molar-refractivity contribution in [3.8, 4) is 0 Å². The van der Waals surface area contributed by atoms with Gasteiger partial charge in [0.1, 0.15) is 0 Å². The van der Waals surface area contributed by atoms with Crippen LogP contribution in [-0.4, -0.2) is 36.0 Å². The zero-order valence-electron chi connectivity index (χ0n) is 13.7. The molecule has 3 rings (SSSR count). The summed E-state index contributed by atoms with van der Waals surface area (Å²) in [5.74, 6) is 0.512. The fourth-order valence-electron chi connectivity index (χ4n) is 3.52. The first-order chi connectivity index (χ1) is 10.7. The topological polar surface area (TPSA) is 25.2 Å². The molecule has 1 heterocycles. The third-order valence-electron chi connectivity index (χ3n) is 4.81. The van der Waals surface area contributed by atoms with E-state index in [1.807, 2.05) is 10.6 Å². The first-order valence-electron chi connectivity index (χ1n) is 8.44. The molecule has 1 aromatic carbocycles. The number of carbonyl (C=O) groups is 1. The van der Waals surface area contributed by atoms with Crippen molar-refractivity contribution in [2.45, 2.75) is 38.5 Å². The first kappa shape index (κ1) is 15.3. The molecule has 0 saturated heterocycles. The lowest BCUT2D eigenvalue weighted by atomic mass is 9.88. The Morgan fingerprint density at radius 1 is 1.18 bits per heavy atom. The van der Waals surface area contributed by atoms with Crippen molar-refractivity contribution < 1.29 is 4.79 Å². The summed E-state index contributed by atoms with van der Waals surface area (Å²) in [7, 11) is 4.18. The molecule has 2 aromatic rings. The van der Waals surface area contributed by atoms with Gasteiger partial charge in [0.15, 0.2) is 0 Å². The number of benzene rings is 1. The minimum absolute atomic E-state index is 0.214. The monoisotopic (exact) mass is 298 g/mol. The van der Waals surface area contributed by atoms with Crippen molar-refractivity contribution in [2.24, 2.45) is 5.92 Å². The standard InChI is InChI=1S/C19H26N2O/c1-20(2)13-12-16-14-21(18-11-7-6-10-17(16)18)19(22)15-8-4-3-5-9-15/h6-7,10-11,14-15H,3-5,8-9,12-13H2,1-2H3. The molecule has 0 amide bonds. The molecule has 1 aliphatic carbocycles. The molecule has 0 spiro atoms. The van der Waals surface area contributed by atoms with E-state index in [0.29, 0.717) is 5.91 Å². The number of carbonyl (C=O) groups excluding carboxylic acids is 1. The van der Waals surface area contributed by atoms with E-state index in [2.05, 4.69) is 43.4 Å². The van der Waals surface area contributed by atoms with Crippen molar-refractivity contribution in [3.05, 3.63) is 36.0 Å². The van der Waals surface area contributed by atoms with Gasteiger partial charge in [0.05, 0.1) is 5.52 Å². The van der Waals surface area contributed by atoms with Crippen LogP contribution < -0.4 is 0 Å².